The number of hydrogen-bond acceptors (Lipinski definition) is 4. The highest BCUT2D eigenvalue weighted by molar-refractivity contribution is 14.0. The predicted molar refractivity (Wildman–Crippen MR) is 130 cm³/mol. The lowest BCUT2D eigenvalue weighted by Gasteiger charge is -2.21. The van der Waals surface area contributed by atoms with Crippen LogP contribution in [0.4, 0.5) is 0 Å². The summed E-state index contributed by atoms with van der Waals surface area (Å²) in [5.41, 5.74) is 1.92. The van der Waals surface area contributed by atoms with Crippen LogP contribution >= 0.6 is 24.0 Å². The van der Waals surface area contributed by atoms with Crippen LogP contribution in [0.15, 0.2) is 23.2 Å². The molecule has 0 amide bonds. The average Bonchev–Trinajstić information content (AvgIpc) is 3.11. The molecule has 7 nitrogen and oxygen atoms in total. The van der Waals surface area contributed by atoms with Crippen LogP contribution in [0.2, 0.25) is 0 Å². The molecule has 29 heavy (non-hydrogen) atoms. The van der Waals surface area contributed by atoms with E-state index in [1.807, 2.05) is 26.0 Å². The van der Waals surface area contributed by atoms with E-state index < -0.39 is 0 Å². The SMILES string of the molecule is CCNC(=NCC(C)(C)OC)NCCCc1cc2c(OC)cc(OC)cc2[nH]1.I. The highest BCUT2D eigenvalue weighted by Crippen LogP contribution is 2.31. The molecule has 2 rings (SSSR count). The molecule has 2 aromatic rings. The number of nitrogens with one attached hydrogen (secondary N) is 3. The Morgan fingerprint density at radius 3 is 2.48 bits per heavy atom. The third-order valence-corrected chi connectivity index (χ3v) is 4.62. The largest absolute Gasteiger partial charge is 0.497 e. The van der Waals surface area contributed by atoms with E-state index in [-0.39, 0.29) is 29.6 Å². The second kappa shape index (κ2) is 12.1. The Kier molecular flexibility index (Phi) is 10.6. The van der Waals surface area contributed by atoms with Crippen LogP contribution < -0.4 is 20.1 Å². The summed E-state index contributed by atoms with van der Waals surface area (Å²) in [6.45, 7) is 8.36. The van der Waals surface area contributed by atoms with Gasteiger partial charge in [-0.3, -0.25) is 4.99 Å². The maximum atomic E-state index is 5.48. The summed E-state index contributed by atoms with van der Waals surface area (Å²) >= 11 is 0. The molecular formula is C21H35IN4O3. The third kappa shape index (κ3) is 7.58. The molecule has 0 unspecified atom stereocenters. The second-order valence-electron chi connectivity index (χ2n) is 7.27. The van der Waals surface area contributed by atoms with Crippen molar-refractivity contribution in [2.24, 2.45) is 4.99 Å². The fourth-order valence-electron chi connectivity index (χ4n) is 2.82. The molecule has 164 valence electrons. The highest BCUT2D eigenvalue weighted by atomic mass is 127. The Morgan fingerprint density at radius 1 is 1.10 bits per heavy atom. The topological polar surface area (TPSA) is 79.9 Å². The monoisotopic (exact) mass is 518 g/mol. The first-order chi connectivity index (χ1) is 13.4. The maximum Gasteiger partial charge on any atom is 0.191 e. The molecule has 0 bridgehead atoms. The van der Waals surface area contributed by atoms with Gasteiger partial charge in [0, 0.05) is 43.4 Å². The van der Waals surface area contributed by atoms with Crippen molar-refractivity contribution >= 4 is 40.8 Å². The summed E-state index contributed by atoms with van der Waals surface area (Å²) in [5.74, 6) is 2.41. The van der Waals surface area contributed by atoms with Gasteiger partial charge in [0.05, 0.1) is 31.9 Å². The number of ether oxygens (including phenoxy) is 3. The standard InChI is InChI=1S/C21H34N4O3.HI/c1-7-22-20(24-14-21(2,3)28-6)23-10-8-9-15-11-17-18(25-15)12-16(26-4)13-19(17)27-5;/h11-13,25H,7-10,14H2,1-6H3,(H2,22,23,24);1H. The van der Waals surface area contributed by atoms with Crippen molar-refractivity contribution in [1.29, 1.82) is 0 Å². The van der Waals surface area contributed by atoms with Crippen LogP contribution in [0, 0.1) is 0 Å². The molecule has 0 radical (unpaired) electrons. The molecule has 1 heterocycles. The summed E-state index contributed by atoms with van der Waals surface area (Å²) in [6.07, 6.45) is 1.90. The molecule has 0 saturated carbocycles. The Hall–Kier alpha value is -1.68. The number of aryl methyl sites for hydroxylation is 1. The van der Waals surface area contributed by atoms with Crippen molar-refractivity contribution in [1.82, 2.24) is 15.6 Å². The first-order valence-electron chi connectivity index (χ1n) is 9.73. The molecule has 0 spiro atoms. The highest BCUT2D eigenvalue weighted by Gasteiger charge is 2.15. The number of methoxy groups -OCH3 is 3. The van der Waals surface area contributed by atoms with Crippen LogP contribution in [0.3, 0.4) is 0 Å². The number of benzene rings is 1. The van der Waals surface area contributed by atoms with E-state index in [1.165, 1.54) is 5.69 Å². The molecule has 3 N–H and O–H groups in total. The Balaban J connectivity index is 0.00000420. The van der Waals surface area contributed by atoms with Gasteiger partial charge in [-0.2, -0.15) is 0 Å². The lowest BCUT2D eigenvalue weighted by Crippen LogP contribution is -2.39. The lowest BCUT2D eigenvalue weighted by molar-refractivity contribution is 0.0310. The molecular weight excluding hydrogens is 483 g/mol. The molecule has 0 aliphatic heterocycles. The lowest BCUT2D eigenvalue weighted by atomic mass is 10.1. The van der Waals surface area contributed by atoms with Crippen LogP contribution in [-0.4, -0.2) is 57.5 Å². The van der Waals surface area contributed by atoms with Gasteiger partial charge in [0.1, 0.15) is 11.5 Å². The van der Waals surface area contributed by atoms with Gasteiger partial charge in [-0.1, -0.05) is 0 Å². The number of nitrogens with zero attached hydrogens (tertiary/aromatic N) is 1. The minimum Gasteiger partial charge on any atom is -0.497 e. The van der Waals surface area contributed by atoms with Gasteiger partial charge in [-0.25, -0.2) is 0 Å². The number of guanidine groups is 1. The van der Waals surface area contributed by atoms with Gasteiger partial charge < -0.3 is 29.8 Å². The van der Waals surface area contributed by atoms with Crippen LogP contribution in [0.5, 0.6) is 11.5 Å². The van der Waals surface area contributed by atoms with Gasteiger partial charge in [-0.15, -0.1) is 24.0 Å². The molecule has 0 atom stereocenters. The smallest absolute Gasteiger partial charge is 0.191 e. The number of H-pyrrole nitrogens is 1. The van der Waals surface area contributed by atoms with Gasteiger partial charge in [0.25, 0.3) is 0 Å². The van der Waals surface area contributed by atoms with Crippen molar-refractivity contribution < 1.29 is 14.2 Å². The number of halogens is 1. The summed E-state index contributed by atoms with van der Waals surface area (Å²) in [4.78, 5) is 8.07. The number of rotatable bonds is 10. The molecule has 0 saturated heterocycles. The van der Waals surface area contributed by atoms with E-state index >= 15 is 0 Å². The zero-order valence-corrected chi connectivity index (χ0v) is 20.7. The number of hydrogen-bond donors (Lipinski definition) is 3. The van der Waals surface area contributed by atoms with Gasteiger partial charge >= 0.3 is 0 Å². The second-order valence-corrected chi connectivity index (χ2v) is 7.27. The van der Waals surface area contributed by atoms with Crippen molar-refractivity contribution in [2.45, 2.75) is 39.2 Å². The van der Waals surface area contributed by atoms with Crippen LogP contribution in [-0.2, 0) is 11.2 Å². The molecule has 0 aliphatic carbocycles. The Morgan fingerprint density at radius 2 is 1.86 bits per heavy atom. The van der Waals surface area contributed by atoms with E-state index in [9.17, 15) is 0 Å². The molecule has 0 fully saturated rings. The van der Waals surface area contributed by atoms with Crippen molar-refractivity contribution in [3.05, 3.63) is 23.9 Å². The average molecular weight is 518 g/mol. The van der Waals surface area contributed by atoms with E-state index in [0.717, 1.165) is 54.3 Å². The first-order valence-corrected chi connectivity index (χ1v) is 9.73. The maximum absolute atomic E-state index is 5.48. The zero-order chi connectivity index (χ0) is 20.6. The Bertz CT molecular complexity index is 790. The summed E-state index contributed by atoms with van der Waals surface area (Å²) < 4.78 is 16.2. The molecule has 8 heteroatoms. The van der Waals surface area contributed by atoms with Gasteiger partial charge in [0.15, 0.2) is 5.96 Å². The third-order valence-electron chi connectivity index (χ3n) is 4.62. The zero-order valence-electron chi connectivity index (χ0n) is 18.3. The van der Waals surface area contributed by atoms with Crippen LogP contribution in [0.1, 0.15) is 32.9 Å². The fourth-order valence-corrected chi connectivity index (χ4v) is 2.82. The minimum atomic E-state index is -0.271. The summed E-state index contributed by atoms with van der Waals surface area (Å²) in [6, 6.07) is 6.04. The van der Waals surface area contributed by atoms with Crippen LogP contribution in [0.25, 0.3) is 10.9 Å². The van der Waals surface area contributed by atoms with Crippen molar-refractivity contribution in [3.63, 3.8) is 0 Å². The molecule has 1 aromatic carbocycles. The van der Waals surface area contributed by atoms with Gasteiger partial charge in [0.2, 0.25) is 0 Å². The Labute approximate surface area is 191 Å². The fraction of sp³-hybridized carbons (Fsp3) is 0.571. The summed E-state index contributed by atoms with van der Waals surface area (Å²) in [5, 5.41) is 7.73. The van der Waals surface area contributed by atoms with Crippen molar-refractivity contribution in [3.8, 4) is 11.5 Å². The number of aromatic nitrogens is 1. The van der Waals surface area contributed by atoms with E-state index in [4.69, 9.17) is 14.2 Å². The molecule has 0 aliphatic rings. The van der Waals surface area contributed by atoms with E-state index in [0.29, 0.717) is 6.54 Å². The number of fused-ring (bicyclic) bond motifs is 1. The van der Waals surface area contributed by atoms with E-state index in [1.54, 1.807) is 21.3 Å². The number of aromatic amines is 1. The quantitative estimate of drug-likeness (QED) is 0.194. The van der Waals surface area contributed by atoms with E-state index in [2.05, 4.69) is 33.6 Å². The first kappa shape index (κ1) is 25.4. The predicted octanol–water partition coefficient (Wildman–Crippen LogP) is 3.72. The van der Waals surface area contributed by atoms with Gasteiger partial charge in [-0.05, 0) is 39.7 Å². The normalized spacial score (nSPS) is 11.9. The summed E-state index contributed by atoms with van der Waals surface area (Å²) in [7, 11) is 5.05. The van der Waals surface area contributed by atoms with Crippen molar-refractivity contribution in [2.75, 3.05) is 41.0 Å². The number of aliphatic imine (C=N–C) groups is 1. The molecule has 1 aromatic heterocycles. The minimum absolute atomic E-state index is 0.